The summed E-state index contributed by atoms with van der Waals surface area (Å²) in [5, 5.41) is 5.93. The molecule has 2 heterocycles. The molecule has 0 unspecified atom stereocenters. The first-order chi connectivity index (χ1) is 10.3. The molecule has 1 saturated heterocycles. The maximum absolute atomic E-state index is 12.2. The Hall–Kier alpha value is -1.78. The number of nitrogens with zero attached hydrogens (tertiary/aromatic N) is 3. The van der Waals surface area contributed by atoms with Gasteiger partial charge in [0, 0.05) is 39.3 Å². The van der Waals surface area contributed by atoms with Crippen LogP contribution in [-0.4, -0.2) is 67.0 Å². The number of aromatic amines is 1. The van der Waals surface area contributed by atoms with Gasteiger partial charge in [-0.25, -0.2) is 5.10 Å². The van der Waals surface area contributed by atoms with Gasteiger partial charge in [0.1, 0.15) is 5.69 Å². The maximum Gasteiger partial charge on any atom is 0.279 e. The van der Waals surface area contributed by atoms with E-state index in [1.165, 1.54) is 26.2 Å². The van der Waals surface area contributed by atoms with E-state index in [9.17, 15) is 18.0 Å². The van der Waals surface area contributed by atoms with Gasteiger partial charge in [0.2, 0.25) is 0 Å². The van der Waals surface area contributed by atoms with Crippen LogP contribution in [0.5, 0.6) is 0 Å². The number of carbonyl (C=O) groups excluding carboxylic acids is 1. The van der Waals surface area contributed by atoms with Crippen molar-refractivity contribution in [2.45, 2.75) is 18.9 Å². The summed E-state index contributed by atoms with van der Waals surface area (Å²) in [6, 6.07) is 2.43. The number of piperidine rings is 1. The number of likely N-dealkylation sites (tertiary alicyclic amines) is 1. The van der Waals surface area contributed by atoms with E-state index in [4.69, 9.17) is 0 Å². The minimum atomic E-state index is -3.46. The summed E-state index contributed by atoms with van der Waals surface area (Å²) < 4.78 is 27.2. The number of H-pyrrole nitrogens is 1. The highest BCUT2D eigenvalue weighted by atomic mass is 32.2. The lowest BCUT2D eigenvalue weighted by molar-refractivity contribution is 0.0703. The molecule has 1 fully saturated rings. The Kier molecular flexibility index (Phi) is 4.94. The topological polar surface area (TPSA) is 115 Å². The van der Waals surface area contributed by atoms with Gasteiger partial charge in [0.25, 0.3) is 21.7 Å². The molecule has 10 heteroatoms. The van der Waals surface area contributed by atoms with E-state index in [1.54, 1.807) is 4.90 Å². The molecule has 2 N–H and O–H groups in total. The fourth-order valence-corrected chi connectivity index (χ4v) is 3.01. The predicted molar refractivity (Wildman–Crippen MR) is 79.5 cm³/mol. The second-order valence-corrected chi connectivity index (χ2v) is 7.19. The quantitative estimate of drug-likeness (QED) is 0.718. The van der Waals surface area contributed by atoms with Gasteiger partial charge >= 0.3 is 0 Å². The molecule has 1 aromatic rings. The highest BCUT2D eigenvalue weighted by Gasteiger charge is 2.27. The van der Waals surface area contributed by atoms with Gasteiger partial charge in [0.05, 0.1) is 0 Å². The Bertz CT molecular complexity index is 671. The average molecular weight is 329 g/mol. The minimum absolute atomic E-state index is 0.173. The molecule has 0 atom stereocenters. The molecule has 122 valence electrons. The Morgan fingerprint density at radius 2 is 2.00 bits per heavy atom. The molecule has 0 radical (unpaired) electrons. The lowest BCUT2D eigenvalue weighted by Crippen LogP contribution is -2.49. The van der Waals surface area contributed by atoms with Crippen LogP contribution in [0.2, 0.25) is 0 Å². The molecule has 1 aliphatic rings. The molecule has 2 rings (SSSR count). The molecule has 0 aromatic carbocycles. The van der Waals surface area contributed by atoms with Crippen LogP contribution in [0.1, 0.15) is 23.3 Å². The molecule has 9 nitrogen and oxygen atoms in total. The Balaban J connectivity index is 1.93. The van der Waals surface area contributed by atoms with Crippen LogP contribution in [0.4, 0.5) is 0 Å². The van der Waals surface area contributed by atoms with Gasteiger partial charge in [-0.05, 0) is 18.9 Å². The van der Waals surface area contributed by atoms with Crippen molar-refractivity contribution in [2.24, 2.45) is 0 Å². The normalized spacial score (nSPS) is 17.0. The van der Waals surface area contributed by atoms with Crippen LogP contribution in [-0.2, 0) is 10.2 Å². The van der Waals surface area contributed by atoms with Crippen molar-refractivity contribution in [3.63, 3.8) is 0 Å². The smallest absolute Gasteiger partial charge is 0.279 e. The fourth-order valence-electron chi connectivity index (χ4n) is 2.14. The number of carbonyl (C=O) groups is 1. The lowest BCUT2D eigenvalue weighted by atomic mass is 10.1. The molecular formula is C12H19N5O4S. The van der Waals surface area contributed by atoms with Crippen molar-refractivity contribution in [2.75, 3.05) is 27.2 Å². The average Bonchev–Trinajstić information content (AvgIpc) is 2.47. The third-order valence-electron chi connectivity index (χ3n) is 3.48. The Morgan fingerprint density at radius 1 is 1.36 bits per heavy atom. The van der Waals surface area contributed by atoms with Crippen molar-refractivity contribution in [3.8, 4) is 0 Å². The Labute approximate surface area is 128 Å². The zero-order valence-corrected chi connectivity index (χ0v) is 13.3. The van der Waals surface area contributed by atoms with E-state index in [0.717, 1.165) is 4.31 Å². The van der Waals surface area contributed by atoms with E-state index < -0.39 is 10.2 Å². The van der Waals surface area contributed by atoms with E-state index in [1.807, 2.05) is 0 Å². The van der Waals surface area contributed by atoms with E-state index in [-0.39, 0.29) is 23.2 Å². The summed E-state index contributed by atoms with van der Waals surface area (Å²) in [4.78, 5) is 24.7. The number of nitrogens with one attached hydrogen (secondary N) is 2. The summed E-state index contributed by atoms with van der Waals surface area (Å²) in [6.07, 6.45) is 1.06. The van der Waals surface area contributed by atoms with Crippen molar-refractivity contribution in [1.29, 1.82) is 0 Å². The SMILES string of the molecule is CN(C)S(=O)(=O)NC1CCN(C(=O)c2ccc(=O)[nH]n2)CC1. The molecule has 0 bridgehead atoms. The van der Waals surface area contributed by atoms with Crippen LogP contribution in [0.15, 0.2) is 16.9 Å². The molecular weight excluding hydrogens is 310 g/mol. The van der Waals surface area contributed by atoms with Crippen molar-refractivity contribution >= 4 is 16.1 Å². The van der Waals surface area contributed by atoms with Crippen LogP contribution in [0, 0.1) is 0 Å². The van der Waals surface area contributed by atoms with Crippen molar-refractivity contribution < 1.29 is 13.2 Å². The number of amides is 1. The van der Waals surface area contributed by atoms with Gasteiger partial charge < -0.3 is 4.90 Å². The summed E-state index contributed by atoms with van der Waals surface area (Å²) in [7, 11) is -0.542. The van der Waals surface area contributed by atoms with Gasteiger partial charge in [-0.2, -0.15) is 22.5 Å². The van der Waals surface area contributed by atoms with Gasteiger partial charge in [-0.1, -0.05) is 0 Å². The maximum atomic E-state index is 12.2. The molecule has 1 amide bonds. The van der Waals surface area contributed by atoms with Crippen LogP contribution in [0.25, 0.3) is 0 Å². The minimum Gasteiger partial charge on any atom is -0.337 e. The molecule has 0 saturated carbocycles. The summed E-state index contributed by atoms with van der Waals surface area (Å²) in [6.45, 7) is 0.862. The number of aromatic nitrogens is 2. The molecule has 1 aromatic heterocycles. The molecule has 22 heavy (non-hydrogen) atoms. The first kappa shape index (κ1) is 16.6. The fraction of sp³-hybridized carbons (Fsp3) is 0.583. The van der Waals surface area contributed by atoms with Crippen LogP contribution >= 0.6 is 0 Å². The van der Waals surface area contributed by atoms with Gasteiger partial charge in [0.15, 0.2) is 0 Å². The summed E-state index contributed by atoms with van der Waals surface area (Å²) in [5.41, 5.74) is -0.194. The zero-order valence-electron chi connectivity index (χ0n) is 12.4. The standard InChI is InChI=1S/C12H19N5O4S/c1-16(2)22(20,21)15-9-5-7-17(8-6-9)12(19)10-3-4-11(18)14-13-10/h3-4,9,15H,5-8H2,1-2H3,(H,14,18). The summed E-state index contributed by atoms with van der Waals surface area (Å²) >= 11 is 0. The number of rotatable bonds is 4. The molecule has 0 aliphatic carbocycles. The first-order valence-electron chi connectivity index (χ1n) is 6.84. The highest BCUT2D eigenvalue weighted by Crippen LogP contribution is 2.13. The van der Waals surface area contributed by atoms with Gasteiger partial charge in [-0.3, -0.25) is 9.59 Å². The number of hydrogen-bond donors (Lipinski definition) is 2. The first-order valence-corrected chi connectivity index (χ1v) is 8.28. The van der Waals surface area contributed by atoms with Gasteiger partial charge in [-0.15, -0.1) is 0 Å². The second-order valence-electron chi connectivity index (χ2n) is 5.28. The monoisotopic (exact) mass is 329 g/mol. The lowest BCUT2D eigenvalue weighted by Gasteiger charge is -2.32. The zero-order chi connectivity index (χ0) is 16.3. The van der Waals surface area contributed by atoms with Crippen molar-refractivity contribution in [3.05, 3.63) is 28.2 Å². The Morgan fingerprint density at radius 3 is 2.50 bits per heavy atom. The van der Waals surface area contributed by atoms with E-state index >= 15 is 0 Å². The third-order valence-corrected chi connectivity index (χ3v) is 5.07. The molecule has 0 spiro atoms. The number of hydrogen-bond acceptors (Lipinski definition) is 5. The summed E-state index contributed by atoms with van der Waals surface area (Å²) in [5.74, 6) is -0.273. The molecule has 1 aliphatic heterocycles. The van der Waals surface area contributed by atoms with Crippen molar-refractivity contribution in [1.82, 2.24) is 24.1 Å². The predicted octanol–water partition coefficient (Wildman–Crippen LogP) is -1.23. The van der Waals surface area contributed by atoms with Crippen LogP contribution < -0.4 is 10.3 Å². The highest BCUT2D eigenvalue weighted by molar-refractivity contribution is 7.87. The van der Waals surface area contributed by atoms with E-state index in [0.29, 0.717) is 25.9 Å². The largest absolute Gasteiger partial charge is 0.337 e. The second kappa shape index (κ2) is 6.55. The van der Waals surface area contributed by atoms with Crippen LogP contribution in [0.3, 0.4) is 0 Å². The van der Waals surface area contributed by atoms with E-state index in [2.05, 4.69) is 14.9 Å². The third kappa shape index (κ3) is 3.90.